The largest absolute Gasteiger partial charge is 0.484 e. The topological polar surface area (TPSA) is 125 Å². The van der Waals surface area contributed by atoms with Gasteiger partial charge in [0.05, 0.1) is 17.9 Å². The van der Waals surface area contributed by atoms with Gasteiger partial charge < -0.3 is 25.6 Å². The van der Waals surface area contributed by atoms with Crippen LogP contribution in [0, 0.1) is 5.41 Å². The molecular formula is C43H57N9O2. The van der Waals surface area contributed by atoms with Crippen molar-refractivity contribution in [1.82, 2.24) is 30.1 Å². The van der Waals surface area contributed by atoms with Crippen molar-refractivity contribution in [3.05, 3.63) is 95.3 Å². The molecule has 54 heavy (non-hydrogen) atoms. The number of nitrogens with zero attached hydrogens (tertiary/aromatic N) is 6. The number of amidine groups is 1. The van der Waals surface area contributed by atoms with Crippen molar-refractivity contribution in [3.63, 3.8) is 0 Å². The van der Waals surface area contributed by atoms with Gasteiger partial charge in [-0.15, -0.1) is 10.2 Å². The number of ether oxygens (including phenoxy) is 1. The zero-order valence-corrected chi connectivity index (χ0v) is 32.4. The number of urea groups is 1. The predicted molar refractivity (Wildman–Crippen MR) is 216 cm³/mol. The lowest BCUT2D eigenvalue weighted by Crippen LogP contribution is -2.42. The number of anilines is 1. The number of rotatable bonds is 9. The molecule has 2 aliphatic heterocycles. The Bertz CT molecular complexity index is 1970. The van der Waals surface area contributed by atoms with Crippen LogP contribution in [0.25, 0.3) is 5.65 Å². The lowest BCUT2D eigenvalue weighted by Gasteiger charge is -2.33. The van der Waals surface area contributed by atoms with E-state index < -0.39 is 0 Å². The molecular weight excluding hydrogens is 675 g/mol. The number of nitrogens with one attached hydrogen (secondary N) is 2. The average molecular weight is 732 g/mol. The second kappa shape index (κ2) is 16.6. The van der Waals surface area contributed by atoms with Crippen molar-refractivity contribution >= 4 is 29.1 Å². The Hall–Kier alpha value is -4.90. The SMILES string of the molecule is C[C@H]1CCCCN1c1nnc2ccc(O[C@@H]3CC[C@H](NC(=O)NC(/C=C(\N)C(C)(C)C)=Nc4cccc(CCN5CCCCC5)c4)c4ccccc43)cn12. The minimum Gasteiger partial charge on any atom is -0.484 e. The van der Waals surface area contributed by atoms with Crippen LogP contribution in [0.2, 0.25) is 0 Å². The van der Waals surface area contributed by atoms with E-state index in [9.17, 15) is 4.79 Å². The lowest BCUT2D eigenvalue weighted by molar-refractivity contribution is 0.171. The minimum atomic E-state index is -0.329. The van der Waals surface area contributed by atoms with E-state index in [0.717, 1.165) is 72.9 Å². The Balaban J connectivity index is 1.05. The Labute approximate surface area is 320 Å². The van der Waals surface area contributed by atoms with Gasteiger partial charge in [0.15, 0.2) is 5.65 Å². The van der Waals surface area contributed by atoms with Crippen LogP contribution < -0.4 is 26.0 Å². The lowest BCUT2D eigenvalue weighted by atomic mass is 9.85. The summed E-state index contributed by atoms with van der Waals surface area (Å²) >= 11 is 0. The van der Waals surface area contributed by atoms with Gasteiger partial charge in [-0.05, 0) is 112 Å². The molecule has 2 aromatic carbocycles. The van der Waals surface area contributed by atoms with Crippen LogP contribution in [-0.4, -0.2) is 63.6 Å². The van der Waals surface area contributed by atoms with Crippen molar-refractivity contribution < 1.29 is 9.53 Å². The molecule has 3 aliphatic rings. The van der Waals surface area contributed by atoms with Crippen LogP contribution in [0.3, 0.4) is 0 Å². The molecule has 4 heterocycles. The van der Waals surface area contributed by atoms with Crippen LogP contribution in [0.1, 0.15) is 108 Å². The molecule has 0 radical (unpaired) electrons. The fraction of sp³-hybridized carbons (Fsp3) is 0.488. The number of carbonyl (C=O) groups is 1. The van der Waals surface area contributed by atoms with Crippen LogP contribution >= 0.6 is 0 Å². The highest BCUT2D eigenvalue weighted by molar-refractivity contribution is 6.05. The molecule has 1 aliphatic carbocycles. The van der Waals surface area contributed by atoms with Gasteiger partial charge in [0.25, 0.3) is 0 Å². The van der Waals surface area contributed by atoms with Gasteiger partial charge in [0.1, 0.15) is 17.7 Å². The van der Waals surface area contributed by atoms with Gasteiger partial charge in [-0.1, -0.05) is 63.6 Å². The first kappa shape index (κ1) is 37.4. The van der Waals surface area contributed by atoms with Gasteiger partial charge in [-0.25, -0.2) is 9.79 Å². The summed E-state index contributed by atoms with van der Waals surface area (Å²) in [7, 11) is 0. The molecule has 3 atom stereocenters. The third kappa shape index (κ3) is 9.06. The normalized spacial score (nSPS) is 21.5. The van der Waals surface area contributed by atoms with E-state index >= 15 is 0 Å². The van der Waals surface area contributed by atoms with E-state index in [0.29, 0.717) is 24.0 Å². The number of piperidine rings is 2. The Kier molecular flexibility index (Phi) is 11.5. The molecule has 4 aromatic rings. The molecule has 0 spiro atoms. The number of aromatic nitrogens is 3. The fourth-order valence-electron chi connectivity index (χ4n) is 7.87. The maximum atomic E-state index is 13.7. The second-order valence-electron chi connectivity index (χ2n) is 16.3. The standard InChI is InChI=1S/C43H57N9O2/c1-30-13-8-11-25-51(30)42-49-48-40-21-18-33(29-52(40)42)54-37-20-19-36(34-16-6-7-17-35(34)37)46-41(53)47-39(28-38(44)43(2,3)4)45-32-15-12-14-31(27-32)22-26-50-23-9-5-10-24-50/h6-7,12,14-18,21,27-30,36-37H,5,8-11,13,19-20,22-26,44H2,1-4H3,(H2,45,46,47,53)/b38-28-/t30-,36-,37+/m0/s1. The molecule has 0 bridgehead atoms. The van der Waals surface area contributed by atoms with Gasteiger partial charge >= 0.3 is 6.03 Å². The molecule has 2 fully saturated rings. The summed E-state index contributed by atoms with van der Waals surface area (Å²) in [5, 5.41) is 15.3. The summed E-state index contributed by atoms with van der Waals surface area (Å²) < 4.78 is 8.73. The molecule has 2 amide bonds. The number of benzene rings is 2. The van der Waals surface area contributed by atoms with Crippen LogP contribution in [0.5, 0.6) is 5.75 Å². The van der Waals surface area contributed by atoms with Crippen LogP contribution in [-0.2, 0) is 6.42 Å². The zero-order valence-electron chi connectivity index (χ0n) is 32.4. The molecule has 0 saturated carbocycles. The van der Waals surface area contributed by atoms with E-state index in [4.69, 9.17) is 15.5 Å². The second-order valence-corrected chi connectivity index (χ2v) is 16.3. The highest BCUT2D eigenvalue weighted by Crippen LogP contribution is 2.39. The molecule has 11 nitrogen and oxygen atoms in total. The van der Waals surface area contributed by atoms with Crippen LogP contribution in [0.15, 0.2) is 83.6 Å². The van der Waals surface area contributed by atoms with Gasteiger partial charge in [-0.2, -0.15) is 0 Å². The molecule has 2 aromatic heterocycles. The third-order valence-electron chi connectivity index (χ3n) is 11.2. The Morgan fingerprint density at radius 1 is 0.944 bits per heavy atom. The molecule has 2 saturated heterocycles. The molecule has 7 rings (SSSR count). The van der Waals surface area contributed by atoms with E-state index in [1.54, 1.807) is 6.08 Å². The van der Waals surface area contributed by atoms with Gasteiger partial charge in [-0.3, -0.25) is 9.72 Å². The maximum absolute atomic E-state index is 13.7. The predicted octanol–water partition coefficient (Wildman–Crippen LogP) is 8.01. The number of carbonyl (C=O) groups excluding carboxylic acids is 1. The molecule has 11 heteroatoms. The number of aliphatic imine (C=N–C) groups is 1. The first-order valence-corrected chi connectivity index (χ1v) is 19.9. The molecule has 286 valence electrons. The number of hydrogen-bond donors (Lipinski definition) is 3. The van der Waals surface area contributed by atoms with E-state index in [1.807, 2.05) is 67.8 Å². The average Bonchev–Trinajstić information content (AvgIpc) is 3.58. The summed E-state index contributed by atoms with van der Waals surface area (Å²) in [6.07, 6.45) is 13.5. The number of nitrogens with two attached hydrogens (primary N) is 1. The highest BCUT2D eigenvalue weighted by atomic mass is 16.5. The summed E-state index contributed by atoms with van der Waals surface area (Å²) in [6, 6.07) is 20.3. The molecule has 4 N–H and O–H groups in total. The minimum absolute atomic E-state index is 0.164. The summed E-state index contributed by atoms with van der Waals surface area (Å²) in [6.45, 7) is 12.8. The third-order valence-corrected chi connectivity index (χ3v) is 11.2. The molecule has 0 unspecified atom stereocenters. The van der Waals surface area contributed by atoms with Crippen molar-refractivity contribution in [2.75, 3.05) is 31.1 Å². The first-order chi connectivity index (χ1) is 26.1. The van der Waals surface area contributed by atoms with Gasteiger partial charge in [0, 0.05) is 36.3 Å². The van der Waals surface area contributed by atoms with E-state index in [1.165, 1.54) is 44.3 Å². The van der Waals surface area contributed by atoms with Gasteiger partial charge in [0.2, 0.25) is 5.95 Å². The maximum Gasteiger partial charge on any atom is 0.320 e. The Morgan fingerprint density at radius 2 is 1.74 bits per heavy atom. The number of hydrogen-bond acceptors (Lipinski definition) is 8. The number of allylic oxidation sites excluding steroid dienone is 1. The summed E-state index contributed by atoms with van der Waals surface area (Å²) in [5.41, 5.74) is 11.8. The number of likely N-dealkylation sites (tertiary alicyclic amines) is 1. The number of amides is 2. The van der Waals surface area contributed by atoms with Crippen molar-refractivity contribution in [1.29, 1.82) is 0 Å². The van der Waals surface area contributed by atoms with E-state index in [2.05, 4.69) is 61.8 Å². The fourth-order valence-corrected chi connectivity index (χ4v) is 7.87. The summed E-state index contributed by atoms with van der Waals surface area (Å²) in [4.78, 5) is 23.5. The van der Waals surface area contributed by atoms with Crippen molar-refractivity contribution in [2.24, 2.45) is 16.1 Å². The highest BCUT2D eigenvalue weighted by Gasteiger charge is 2.30. The zero-order chi connectivity index (χ0) is 37.7. The van der Waals surface area contributed by atoms with Crippen LogP contribution in [0.4, 0.5) is 16.4 Å². The quantitative estimate of drug-likeness (QED) is 0.118. The van der Waals surface area contributed by atoms with E-state index in [-0.39, 0.29) is 23.6 Å². The number of pyridine rings is 1. The summed E-state index contributed by atoms with van der Waals surface area (Å²) in [5.74, 6) is 2.03. The van der Waals surface area contributed by atoms with Crippen molar-refractivity contribution in [2.45, 2.75) is 104 Å². The first-order valence-electron chi connectivity index (χ1n) is 19.9. The smallest absolute Gasteiger partial charge is 0.320 e. The Morgan fingerprint density at radius 3 is 2.54 bits per heavy atom. The van der Waals surface area contributed by atoms with Crippen molar-refractivity contribution in [3.8, 4) is 5.75 Å². The number of fused-ring (bicyclic) bond motifs is 2. The monoisotopic (exact) mass is 731 g/mol.